The lowest BCUT2D eigenvalue weighted by Crippen LogP contribution is -2.17. The molecule has 0 saturated heterocycles. The Morgan fingerprint density at radius 3 is 2.29 bits per heavy atom. The number of aryl methyl sites for hydroxylation is 2. The highest BCUT2D eigenvalue weighted by Crippen LogP contribution is 2.25. The monoisotopic (exact) mass is 375 g/mol. The number of hydrogen-bond donors (Lipinski definition) is 2. The zero-order valence-corrected chi connectivity index (χ0v) is 15.9. The Labute approximate surface area is 163 Å². The van der Waals surface area contributed by atoms with Crippen LogP contribution in [-0.2, 0) is 0 Å². The van der Waals surface area contributed by atoms with Crippen LogP contribution in [0.4, 0.5) is 11.4 Å². The van der Waals surface area contributed by atoms with Gasteiger partial charge in [-0.05, 0) is 55.8 Å². The fraction of sp³-hybridized carbons (Fsp3) is 0.136. The first-order valence-electron chi connectivity index (χ1n) is 8.76. The molecule has 142 valence electrons. The van der Waals surface area contributed by atoms with Crippen LogP contribution in [-0.4, -0.2) is 23.9 Å². The summed E-state index contributed by atoms with van der Waals surface area (Å²) in [4.78, 5) is 29.2. The summed E-state index contributed by atoms with van der Waals surface area (Å²) in [7, 11) is 1.54. The van der Waals surface area contributed by atoms with E-state index >= 15 is 0 Å². The maximum absolute atomic E-state index is 12.6. The Hall–Kier alpha value is -3.67. The molecule has 3 aromatic rings. The number of nitrogens with zero attached hydrogens (tertiary/aromatic N) is 1. The van der Waals surface area contributed by atoms with Crippen molar-refractivity contribution in [1.29, 1.82) is 0 Å². The van der Waals surface area contributed by atoms with Crippen molar-refractivity contribution in [2.45, 2.75) is 13.8 Å². The Kier molecular flexibility index (Phi) is 5.69. The van der Waals surface area contributed by atoms with Gasteiger partial charge in [0, 0.05) is 17.4 Å². The third kappa shape index (κ3) is 4.54. The molecule has 0 aliphatic carbocycles. The number of carbonyl (C=O) groups excluding carboxylic acids is 2. The summed E-state index contributed by atoms with van der Waals surface area (Å²) < 4.78 is 5.28. The van der Waals surface area contributed by atoms with Gasteiger partial charge in [0.15, 0.2) is 0 Å². The molecule has 0 fully saturated rings. The maximum atomic E-state index is 12.6. The highest BCUT2D eigenvalue weighted by Gasteiger charge is 2.14. The first-order chi connectivity index (χ1) is 13.5. The third-order valence-corrected chi connectivity index (χ3v) is 4.17. The molecule has 6 nitrogen and oxygen atoms in total. The van der Waals surface area contributed by atoms with Gasteiger partial charge in [-0.2, -0.15) is 0 Å². The van der Waals surface area contributed by atoms with Crippen LogP contribution >= 0.6 is 0 Å². The SMILES string of the molecule is COc1ccc(C)cc1NC(=O)c1ccnc(C(=O)Nc2ccc(C)cc2)c1. The van der Waals surface area contributed by atoms with E-state index in [1.807, 2.05) is 50.2 Å². The number of aromatic nitrogens is 1. The molecular formula is C22H21N3O3. The standard InChI is InChI=1S/C22H21N3O3/c1-14-4-7-17(8-5-14)24-22(27)19-13-16(10-11-23-19)21(26)25-18-12-15(2)6-9-20(18)28-3/h4-13H,1-3H3,(H,24,27)(H,25,26). The number of ether oxygens (including phenoxy) is 1. The van der Waals surface area contributed by atoms with E-state index in [0.717, 1.165) is 11.1 Å². The molecule has 1 aromatic heterocycles. The predicted molar refractivity (Wildman–Crippen MR) is 109 cm³/mol. The van der Waals surface area contributed by atoms with Gasteiger partial charge in [0.1, 0.15) is 11.4 Å². The predicted octanol–water partition coefficient (Wildman–Crippen LogP) is 4.21. The van der Waals surface area contributed by atoms with Gasteiger partial charge >= 0.3 is 0 Å². The van der Waals surface area contributed by atoms with E-state index < -0.39 is 0 Å². The Morgan fingerprint density at radius 1 is 0.857 bits per heavy atom. The van der Waals surface area contributed by atoms with E-state index in [0.29, 0.717) is 22.7 Å². The van der Waals surface area contributed by atoms with Gasteiger partial charge < -0.3 is 15.4 Å². The number of rotatable bonds is 5. The van der Waals surface area contributed by atoms with Crippen LogP contribution in [0, 0.1) is 13.8 Å². The smallest absolute Gasteiger partial charge is 0.274 e. The molecule has 0 spiro atoms. The number of benzene rings is 2. The van der Waals surface area contributed by atoms with Crippen molar-refractivity contribution in [3.05, 3.63) is 83.2 Å². The molecule has 1 heterocycles. The minimum atomic E-state index is -0.383. The summed E-state index contributed by atoms with van der Waals surface area (Å²) in [6, 6.07) is 16.0. The first kappa shape index (κ1) is 19.1. The second kappa shape index (κ2) is 8.35. The van der Waals surface area contributed by atoms with Gasteiger partial charge in [-0.25, -0.2) is 0 Å². The Bertz CT molecular complexity index is 1010. The van der Waals surface area contributed by atoms with Crippen molar-refractivity contribution in [1.82, 2.24) is 4.98 Å². The quantitative estimate of drug-likeness (QED) is 0.700. The molecular weight excluding hydrogens is 354 g/mol. The molecule has 28 heavy (non-hydrogen) atoms. The molecule has 0 unspecified atom stereocenters. The molecule has 0 aliphatic heterocycles. The molecule has 2 amide bonds. The minimum absolute atomic E-state index is 0.157. The van der Waals surface area contributed by atoms with Crippen LogP contribution in [0.1, 0.15) is 32.0 Å². The number of nitrogens with one attached hydrogen (secondary N) is 2. The van der Waals surface area contributed by atoms with Gasteiger partial charge in [-0.3, -0.25) is 14.6 Å². The van der Waals surface area contributed by atoms with E-state index in [1.165, 1.54) is 12.3 Å². The highest BCUT2D eigenvalue weighted by molar-refractivity contribution is 6.08. The van der Waals surface area contributed by atoms with Crippen LogP contribution in [0.15, 0.2) is 60.8 Å². The van der Waals surface area contributed by atoms with Gasteiger partial charge in [0.2, 0.25) is 0 Å². The molecule has 2 aromatic carbocycles. The first-order valence-corrected chi connectivity index (χ1v) is 8.76. The summed E-state index contributed by atoms with van der Waals surface area (Å²) >= 11 is 0. The molecule has 3 rings (SSSR count). The van der Waals surface area contributed by atoms with Crippen LogP contribution in [0.25, 0.3) is 0 Å². The lowest BCUT2D eigenvalue weighted by Gasteiger charge is -2.11. The van der Waals surface area contributed by atoms with Crippen molar-refractivity contribution in [2.24, 2.45) is 0 Å². The maximum Gasteiger partial charge on any atom is 0.274 e. The topological polar surface area (TPSA) is 80.3 Å². The number of anilines is 2. The largest absolute Gasteiger partial charge is 0.495 e. The van der Waals surface area contributed by atoms with Crippen molar-refractivity contribution < 1.29 is 14.3 Å². The van der Waals surface area contributed by atoms with Crippen molar-refractivity contribution >= 4 is 23.2 Å². The lowest BCUT2D eigenvalue weighted by molar-refractivity contribution is 0.102. The normalized spacial score (nSPS) is 10.2. The fourth-order valence-corrected chi connectivity index (χ4v) is 2.64. The Morgan fingerprint density at radius 2 is 1.57 bits per heavy atom. The Balaban J connectivity index is 1.77. The molecule has 0 aliphatic rings. The van der Waals surface area contributed by atoms with E-state index in [1.54, 1.807) is 19.2 Å². The fourth-order valence-electron chi connectivity index (χ4n) is 2.64. The van der Waals surface area contributed by atoms with Crippen molar-refractivity contribution in [3.63, 3.8) is 0 Å². The summed E-state index contributed by atoms with van der Waals surface area (Å²) in [5.41, 5.74) is 3.80. The second-order valence-electron chi connectivity index (χ2n) is 6.41. The molecule has 6 heteroatoms. The highest BCUT2D eigenvalue weighted by atomic mass is 16.5. The summed E-state index contributed by atoms with van der Waals surface area (Å²) in [5.74, 6) is -0.173. The summed E-state index contributed by atoms with van der Waals surface area (Å²) in [6.07, 6.45) is 1.44. The number of methoxy groups -OCH3 is 1. The number of amides is 2. The van der Waals surface area contributed by atoms with E-state index in [2.05, 4.69) is 15.6 Å². The number of hydrogen-bond acceptors (Lipinski definition) is 4. The van der Waals surface area contributed by atoms with Crippen LogP contribution in [0.3, 0.4) is 0 Å². The van der Waals surface area contributed by atoms with Crippen LogP contribution in [0.2, 0.25) is 0 Å². The minimum Gasteiger partial charge on any atom is -0.495 e. The summed E-state index contributed by atoms with van der Waals surface area (Å²) in [6.45, 7) is 3.90. The van der Waals surface area contributed by atoms with Crippen LogP contribution in [0.5, 0.6) is 5.75 Å². The lowest BCUT2D eigenvalue weighted by atomic mass is 10.1. The molecule has 0 saturated carbocycles. The molecule has 0 radical (unpaired) electrons. The second-order valence-corrected chi connectivity index (χ2v) is 6.41. The van der Waals surface area contributed by atoms with Gasteiger partial charge in [-0.1, -0.05) is 23.8 Å². The average molecular weight is 375 g/mol. The zero-order valence-electron chi connectivity index (χ0n) is 15.9. The van der Waals surface area contributed by atoms with E-state index in [4.69, 9.17) is 4.74 Å². The van der Waals surface area contributed by atoms with Gasteiger partial charge in [0.25, 0.3) is 11.8 Å². The molecule has 2 N–H and O–H groups in total. The summed E-state index contributed by atoms with van der Waals surface area (Å²) in [5, 5.41) is 5.59. The van der Waals surface area contributed by atoms with Crippen molar-refractivity contribution in [2.75, 3.05) is 17.7 Å². The molecule has 0 bridgehead atoms. The average Bonchev–Trinajstić information content (AvgIpc) is 2.70. The molecule has 0 atom stereocenters. The van der Waals surface area contributed by atoms with E-state index in [-0.39, 0.29) is 17.5 Å². The van der Waals surface area contributed by atoms with Crippen molar-refractivity contribution in [3.8, 4) is 5.75 Å². The third-order valence-electron chi connectivity index (χ3n) is 4.17. The van der Waals surface area contributed by atoms with Gasteiger partial charge in [0.05, 0.1) is 12.8 Å². The number of carbonyl (C=O) groups is 2. The number of pyridine rings is 1. The van der Waals surface area contributed by atoms with E-state index in [9.17, 15) is 9.59 Å². The van der Waals surface area contributed by atoms with Crippen LogP contribution < -0.4 is 15.4 Å². The van der Waals surface area contributed by atoms with Gasteiger partial charge in [-0.15, -0.1) is 0 Å². The zero-order chi connectivity index (χ0) is 20.1.